The third-order valence-electron chi connectivity index (χ3n) is 4.09. The molecule has 1 amide bonds. The first-order chi connectivity index (χ1) is 11.2. The van der Waals surface area contributed by atoms with Gasteiger partial charge in [-0.05, 0) is 37.1 Å². The molecule has 3 N–H and O–H groups in total. The topological polar surface area (TPSA) is 84.1 Å². The number of nitrogens with one attached hydrogen (secondary N) is 1. The smallest absolute Gasteiger partial charge is 0.273 e. The number of carbonyl (C=O) groups is 1. The van der Waals surface area contributed by atoms with E-state index >= 15 is 0 Å². The van der Waals surface area contributed by atoms with Crippen LogP contribution in [0.3, 0.4) is 0 Å². The normalized spacial score (nSPS) is 14.8. The van der Waals surface area contributed by atoms with Crippen LogP contribution in [0.1, 0.15) is 34.5 Å². The lowest BCUT2D eigenvalue weighted by molar-refractivity contribution is 0.0946. The molecule has 0 unspecified atom stereocenters. The lowest BCUT2D eigenvalue weighted by Crippen LogP contribution is -2.26. The molecule has 1 aromatic heterocycles. The van der Waals surface area contributed by atoms with Gasteiger partial charge in [0.2, 0.25) is 0 Å². The number of aromatic nitrogens is 2. The largest absolute Gasteiger partial charge is 0.382 e. The maximum atomic E-state index is 12.2. The van der Waals surface area contributed by atoms with E-state index in [0.29, 0.717) is 6.54 Å². The Morgan fingerprint density at radius 3 is 2.57 bits per heavy atom. The average molecular weight is 311 g/mol. The van der Waals surface area contributed by atoms with E-state index in [1.807, 2.05) is 18.2 Å². The standard InChI is InChI=1S/C17H21N5O/c18-16-15(19-7-8-20-16)17(23)21-11-13-5-1-2-6-14(13)12-22-9-3-4-10-22/h1-2,5-8H,3-4,9-12H2,(H2,18,20)(H,21,23). The maximum absolute atomic E-state index is 12.2. The van der Waals surface area contributed by atoms with Crippen molar-refractivity contribution in [1.82, 2.24) is 20.2 Å². The summed E-state index contributed by atoms with van der Waals surface area (Å²) < 4.78 is 0. The van der Waals surface area contributed by atoms with Gasteiger partial charge in [0.15, 0.2) is 11.5 Å². The predicted molar refractivity (Wildman–Crippen MR) is 88.6 cm³/mol. The lowest BCUT2D eigenvalue weighted by atomic mass is 10.1. The highest BCUT2D eigenvalue weighted by Gasteiger charge is 2.15. The van der Waals surface area contributed by atoms with Crippen LogP contribution in [-0.4, -0.2) is 33.9 Å². The van der Waals surface area contributed by atoms with Crippen molar-refractivity contribution in [3.63, 3.8) is 0 Å². The molecule has 23 heavy (non-hydrogen) atoms. The predicted octanol–water partition coefficient (Wildman–Crippen LogP) is 1.58. The summed E-state index contributed by atoms with van der Waals surface area (Å²) >= 11 is 0. The van der Waals surface area contributed by atoms with Crippen molar-refractivity contribution in [1.29, 1.82) is 0 Å². The first-order valence-corrected chi connectivity index (χ1v) is 7.88. The third kappa shape index (κ3) is 3.84. The van der Waals surface area contributed by atoms with Crippen LogP contribution in [0.25, 0.3) is 0 Å². The van der Waals surface area contributed by atoms with Crippen molar-refractivity contribution in [3.05, 3.63) is 53.5 Å². The fraction of sp³-hybridized carbons (Fsp3) is 0.353. The first-order valence-electron chi connectivity index (χ1n) is 7.88. The van der Waals surface area contributed by atoms with Crippen molar-refractivity contribution in [2.24, 2.45) is 0 Å². The molecule has 1 fully saturated rings. The highest BCUT2D eigenvalue weighted by molar-refractivity contribution is 5.96. The number of anilines is 1. The van der Waals surface area contributed by atoms with Gasteiger partial charge in [0, 0.05) is 25.5 Å². The highest BCUT2D eigenvalue weighted by Crippen LogP contribution is 2.16. The summed E-state index contributed by atoms with van der Waals surface area (Å²) in [5.41, 5.74) is 8.23. The molecule has 1 aliphatic heterocycles. The van der Waals surface area contributed by atoms with Gasteiger partial charge in [-0.25, -0.2) is 9.97 Å². The molecule has 2 aromatic rings. The van der Waals surface area contributed by atoms with Crippen molar-refractivity contribution >= 4 is 11.7 Å². The van der Waals surface area contributed by atoms with Crippen LogP contribution in [0.5, 0.6) is 0 Å². The van der Waals surface area contributed by atoms with Gasteiger partial charge in [0.25, 0.3) is 5.91 Å². The van der Waals surface area contributed by atoms with Crippen LogP contribution in [-0.2, 0) is 13.1 Å². The Hall–Kier alpha value is -2.47. The fourth-order valence-electron chi connectivity index (χ4n) is 2.85. The van der Waals surface area contributed by atoms with Crippen molar-refractivity contribution in [2.45, 2.75) is 25.9 Å². The minimum absolute atomic E-state index is 0.148. The van der Waals surface area contributed by atoms with E-state index in [1.165, 1.54) is 30.8 Å². The van der Waals surface area contributed by atoms with Crippen molar-refractivity contribution < 1.29 is 4.79 Å². The molecule has 3 rings (SSSR count). The second-order valence-electron chi connectivity index (χ2n) is 5.72. The number of carbonyl (C=O) groups excluding carboxylic acids is 1. The number of nitrogens with two attached hydrogens (primary N) is 1. The van der Waals surface area contributed by atoms with Crippen LogP contribution in [0.4, 0.5) is 5.82 Å². The molecule has 2 heterocycles. The first kappa shape index (κ1) is 15.4. The number of hydrogen-bond donors (Lipinski definition) is 2. The molecule has 0 spiro atoms. The third-order valence-corrected chi connectivity index (χ3v) is 4.09. The van der Waals surface area contributed by atoms with E-state index in [0.717, 1.165) is 25.2 Å². The van der Waals surface area contributed by atoms with E-state index < -0.39 is 0 Å². The quantitative estimate of drug-likeness (QED) is 0.876. The van der Waals surface area contributed by atoms with Crippen molar-refractivity contribution in [3.8, 4) is 0 Å². The number of nitrogen functional groups attached to an aromatic ring is 1. The zero-order valence-electron chi connectivity index (χ0n) is 13.0. The van der Waals surface area contributed by atoms with E-state index in [9.17, 15) is 4.79 Å². The Labute approximate surface area is 135 Å². The van der Waals surface area contributed by atoms with E-state index in [-0.39, 0.29) is 17.4 Å². The molecule has 120 valence electrons. The average Bonchev–Trinajstić information content (AvgIpc) is 3.07. The zero-order valence-corrected chi connectivity index (χ0v) is 13.0. The number of nitrogens with zero attached hydrogens (tertiary/aromatic N) is 3. The molecule has 1 aliphatic rings. The second-order valence-corrected chi connectivity index (χ2v) is 5.72. The highest BCUT2D eigenvalue weighted by atomic mass is 16.1. The van der Waals surface area contributed by atoms with Crippen molar-refractivity contribution in [2.75, 3.05) is 18.8 Å². The minimum atomic E-state index is -0.299. The fourth-order valence-corrected chi connectivity index (χ4v) is 2.85. The minimum Gasteiger partial charge on any atom is -0.382 e. The summed E-state index contributed by atoms with van der Waals surface area (Å²) in [4.78, 5) is 22.5. The summed E-state index contributed by atoms with van der Waals surface area (Å²) in [6, 6.07) is 8.20. The van der Waals surface area contributed by atoms with Crippen LogP contribution in [0, 0.1) is 0 Å². The molecule has 0 radical (unpaired) electrons. The van der Waals surface area contributed by atoms with E-state index in [1.54, 1.807) is 0 Å². The monoisotopic (exact) mass is 311 g/mol. The van der Waals surface area contributed by atoms with E-state index in [4.69, 9.17) is 5.73 Å². The van der Waals surface area contributed by atoms with Crippen LogP contribution in [0.2, 0.25) is 0 Å². The number of likely N-dealkylation sites (tertiary alicyclic amines) is 1. The Balaban J connectivity index is 1.66. The number of hydrogen-bond acceptors (Lipinski definition) is 5. The Morgan fingerprint density at radius 2 is 1.83 bits per heavy atom. The van der Waals surface area contributed by atoms with Gasteiger partial charge in [0.05, 0.1) is 0 Å². The molecule has 6 heteroatoms. The SMILES string of the molecule is Nc1nccnc1C(=O)NCc1ccccc1CN1CCCC1. The molecule has 0 saturated carbocycles. The molecular weight excluding hydrogens is 290 g/mol. The Kier molecular flexibility index (Phi) is 4.83. The van der Waals surface area contributed by atoms with Gasteiger partial charge in [-0.15, -0.1) is 0 Å². The lowest BCUT2D eigenvalue weighted by Gasteiger charge is -2.17. The Morgan fingerprint density at radius 1 is 1.13 bits per heavy atom. The van der Waals surface area contributed by atoms with Gasteiger partial charge < -0.3 is 11.1 Å². The Bertz CT molecular complexity index is 682. The molecule has 0 aliphatic carbocycles. The molecule has 6 nitrogen and oxygen atoms in total. The molecular formula is C17H21N5O. The maximum Gasteiger partial charge on any atom is 0.273 e. The number of benzene rings is 1. The second kappa shape index (κ2) is 7.19. The van der Waals surface area contributed by atoms with Crippen LogP contribution >= 0.6 is 0 Å². The van der Waals surface area contributed by atoms with Gasteiger partial charge in [-0.1, -0.05) is 24.3 Å². The van der Waals surface area contributed by atoms with Crippen LogP contribution in [0.15, 0.2) is 36.7 Å². The summed E-state index contributed by atoms with van der Waals surface area (Å²) in [5, 5.41) is 2.88. The van der Waals surface area contributed by atoms with Gasteiger partial charge in [0.1, 0.15) is 0 Å². The van der Waals surface area contributed by atoms with E-state index in [2.05, 4.69) is 26.3 Å². The number of rotatable bonds is 5. The molecule has 1 aromatic carbocycles. The molecule has 0 bridgehead atoms. The summed E-state index contributed by atoms with van der Waals surface area (Å²) in [6.07, 6.45) is 5.47. The number of amides is 1. The molecule has 0 atom stereocenters. The van der Waals surface area contributed by atoms with Crippen LogP contribution < -0.4 is 11.1 Å². The zero-order chi connectivity index (χ0) is 16.1. The summed E-state index contributed by atoms with van der Waals surface area (Å²) in [5.74, 6) is -0.151. The summed E-state index contributed by atoms with van der Waals surface area (Å²) in [7, 11) is 0. The van der Waals surface area contributed by atoms with Gasteiger partial charge in [-0.3, -0.25) is 9.69 Å². The molecule has 1 saturated heterocycles. The van der Waals surface area contributed by atoms with Gasteiger partial charge in [-0.2, -0.15) is 0 Å². The summed E-state index contributed by atoms with van der Waals surface area (Å²) in [6.45, 7) is 3.69. The van der Waals surface area contributed by atoms with Gasteiger partial charge >= 0.3 is 0 Å².